The molecule has 4 aromatic rings. The van der Waals surface area contributed by atoms with Gasteiger partial charge in [-0.1, -0.05) is 31.4 Å². The molecule has 1 aromatic carbocycles. The van der Waals surface area contributed by atoms with Gasteiger partial charge in [0.2, 0.25) is 0 Å². The lowest BCUT2D eigenvalue weighted by Gasteiger charge is -2.23. The molecule has 3 aromatic heterocycles. The van der Waals surface area contributed by atoms with Gasteiger partial charge in [-0.2, -0.15) is 0 Å². The van der Waals surface area contributed by atoms with Crippen molar-refractivity contribution in [3.63, 3.8) is 0 Å². The molecule has 0 saturated heterocycles. The normalized spacial score (nSPS) is 15.8. The highest BCUT2D eigenvalue weighted by molar-refractivity contribution is 7.21. The number of nitrogens with zero attached hydrogens (tertiary/aromatic N) is 4. The van der Waals surface area contributed by atoms with Gasteiger partial charge in [0.15, 0.2) is 5.65 Å². The Kier molecular flexibility index (Phi) is 3.63. The van der Waals surface area contributed by atoms with Gasteiger partial charge in [-0.25, -0.2) is 9.97 Å². The van der Waals surface area contributed by atoms with Crippen LogP contribution in [-0.4, -0.2) is 25.4 Å². The van der Waals surface area contributed by atoms with Gasteiger partial charge < -0.3 is 5.32 Å². The number of thiazole rings is 1. The van der Waals surface area contributed by atoms with Crippen molar-refractivity contribution in [1.82, 2.24) is 19.4 Å². The third kappa shape index (κ3) is 2.66. The molecule has 1 aliphatic rings. The summed E-state index contributed by atoms with van der Waals surface area (Å²) in [6, 6.07) is 8.76. The molecule has 0 aliphatic heterocycles. The molecule has 1 N–H and O–H groups in total. The highest BCUT2D eigenvalue weighted by Gasteiger charge is 2.21. The Balaban J connectivity index is 1.64. The fraction of sp³-hybridized carbons (Fsp3) is 0.316. The van der Waals surface area contributed by atoms with Gasteiger partial charge in [-0.05, 0) is 25.0 Å². The van der Waals surface area contributed by atoms with E-state index in [4.69, 9.17) is 9.97 Å². The number of imidazole rings is 1. The van der Waals surface area contributed by atoms with Crippen molar-refractivity contribution in [2.24, 2.45) is 0 Å². The maximum atomic E-state index is 4.83. The Bertz CT molecular complexity index is 996. The van der Waals surface area contributed by atoms with Crippen molar-refractivity contribution in [2.45, 2.75) is 38.1 Å². The van der Waals surface area contributed by atoms with E-state index < -0.39 is 0 Å². The van der Waals surface area contributed by atoms with Crippen molar-refractivity contribution in [2.75, 3.05) is 5.32 Å². The molecular weight excluding hydrogens is 330 g/mol. The zero-order chi connectivity index (χ0) is 16.6. The number of nitrogens with one attached hydrogen (secondary N) is 1. The molecule has 1 fully saturated rings. The molecule has 0 unspecified atom stereocenters. The number of para-hydroxylation sites is 1. The lowest BCUT2D eigenvalue weighted by molar-refractivity contribution is 0.461. The number of anilines is 1. The summed E-state index contributed by atoms with van der Waals surface area (Å²) in [5.41, 5.74) is 2.82. The summed E-state index contributed by atoms with van der Waals surface area (Å²) in [6.07, 6.45) is 12.0. The van der Waals surface area contributed by atoms with Crippen molar-refractivity contribution in [3.05, 3.63) is 42.9 Å². The van der Waals surface area contributed by atoms with Crippen LogP contribution in [0.25, 0.3) is 26.6 Å². The number of rotatable bonds is 3. The Morgan fingerprint density at radius 1 is 1.08 bits per heavy atom. The van der Waals surface area contributed by atoms with E-state index in [-0.39, 0.29) is 0 Å². The van der Waals surface area contributed by atoms with Gasteiger partial charge in [-0.15, -0.1) is 11.3 Å². The maximum absolute atomic E-state index is 4.83. The molecule has 0 spiro atoms. The van der Waals surface area contributed by atoms with E-state index in [1.54, 1.807) is 11.3 Å². The van der Waals surface area contributed by atoms with E-state index in [0.29, 0.717) is 6.04 Å². The summed E-state index contributed by atoms with van der Waals surface area (Å²) in [4.78, 5) is 13.9. The van der Waals surface area contributed by atoms with Crippen LogP contribution in [0.1, 0.15) is 32.1 Å². The van der Waals surface area contributed by atoms with E-state index in [9.17, 15) is 0 Å². The zero-order valence-electron chi connectivity index (χ0n) is 13.9. The minimum absolute atomic E-state index is 0.509. The molecule has 0 radical (unpaired) electrons. The lowest BCUT2D eigenvalue weighted by atomic mass is 9.95. The van der Waals surface area contributed by atoms with Gasteiger partial charge in [0.05, 0.1) is 16.4 Å². The molecule has 6 heteroatoms. The Morgan fingerprint density at radius 3 is 2.84 bits per heavy atom. The third-order valence-corrected chi connectivity index (χ3v) is 5.92. The van der Waals surface area contributed by atoms with Crippen molar-refractivity contribution in [1.29, 1.82) is 0 Å². The van der Waals surface area contributed by atoms with Crippen LogP contribution in [-0.2, 0) is 0 Å². The van der Waals surface area contributed by atoms with E-state index in [1.807, 2.05) is 24.7 Å². The molecular formula is C19H19N5S. The van der Waals surface area contributed by atoms with E-state index in [0.717, 1.165) is 27.7 Å². The number of fused-ring (bicyclic) bond motifs is 2. The van der Waals surface area contributed by atoms with Gasteiger partial charge in [0.1, 0.15) is 16.5 Å². The van der Waals surface area contributed by atoms with Crippen LogP contribution in [0.4, 0.5) is 5.82 Å². The molecule has 1 aliphatic carbocycles. The second-order valence-corrected chi connectivity index (χ2v) is 7.61. The van der Waals surface area contributed by atoms with E-state index in [1.165, 1.54) is 36.8 Å². The highest BCUT2D eigenvalue weighted by Crippen LogP contribution is 2.35. The minimum atomic E-state index is 0.509. The largest absolute Gasteiger partial charge is 0.367 e. The number of benzene rings is 1. The Labute approximate surface area is 149 Å². The Morgan fingerprint density at radius 2 is 1.96 bits per heavy atom. The first-order valence-electron chi connectivity index (χ1n) is 8.83. The second kappa shape index (κ2) is 6.11. The third-order valence-electron chi connectivity index (χ3n) is 4.87. The average Bonchev–Trinajstić information content (AvgIpc) is 3.24. The van der Waals surface area contributed by atoms with Crippen molar-refractivity contribution >= 4 is 33.0 Å². The average molecular weight is 349 g/mol. The molecule has 5 rings (SSSR count). The first-order chi connectivity index (χ1) is 12.4. The number of hydrogen-bond acceptors (Lipinski definition) is 5. The molecule has 5 nitrogen and oxygen atoms in total. The summed E-state index contributed by atoms with van der Waals surface area (Å²) in [5, 5.41) is 4.72. The first kappa shape index (κ1) is 14.8. The predicted molar refractivity (Wildman–Crippen MR) is 102 cm³/mol. The summed E-state index contributed by atoms with van der Waals surface area (Å²) in [5.74, 6) is 1.04. The fourth-order valence-corrected chi connectivity index (χ4v) is 4.56. The van der Waals surface area contributed by atoms with Crippen LogP contribution in [0.5, 0.6) is 0 Å². The zero-order valence-corrected chi connectivity index (χ0v) is 14.7. The van der Waals surface area contributed by atoms with Gasteiger partial charge >= 0.3 is 0 Å². The maximum Gasteiger partial charge on any atom is 0.157 e. The van der Waals surface area contributed by atoms with E-state index in [2.05, 4.69) is 32.9 Å². The molecule has 0 bridgehead atoms. The molecule has 1 saturated carbocycles. The first-order valence-corrected chi connectivity index (χ1v) is 9.65. The van der Waals surface area contributed by atoms with Gasteiger partial charge in [0, 0.05) is 18.4 Å². The molecule has 25 heavy (non-hydrogen) atoms. The monoisotopic (exact) mass is 349 g/mol. The van der Waals surface area contributed by atoms with Crippen LogP contribution in [0.15, 0.2) is 42.9 Å². The molecule has 126 valence electrons. The van der Waals surface area contributed by atoms with E-state index >= 15 is 0 Å². The number of aromatic nitrogens is 4. The Hall–Kier alpha value is -2.47. The summed E-state index contributed by atoms with van der Waals surface area (Å²) >= 11 is 1.69. The van der Waals surface area contributed by atoms with Gasteiger partial charge in [-0.3, -0.25) is 9.38 Å². The van der Waals surface area contributed by atoms with Crippen LogP contribution in [0.3, 0.4) is 0 Å². The smallest absolute Gasteiger partial charge is 0.157 e. The standard InChI is InChI=1S/C19H19N5S/c1-2-6-13(7-3-1)21-18-17(23-16-12-20-10-11-24(16)18)19-22-14-8-4-5-9-15(14)25-19/h4-5,8-13,21H,1-3,6-7H2. The SMILES string of the molecule is c1ccc2sc(-c3nc4cnccn4c3NC3CCCCC3)nc2c1. The second-order valence-electron chi connectivity index (χ2n) is 6.58. The topological polar surface area (TPSA) is 55.1 Å². The van der Waals surface area contributed by atoms with Crippen LogP contribution in [0.2, 0.25) is 0 Å². The van der Waals surface area contributed by atoms with Crippen molar-refractivity contribution in [3.8, 4) is 10.7 Å². The fourth-order valence-electron chi connectivity index (χ4n) is 3.61. The van der Waals surface area contributed by atoms with Crippen LogP contribution >= 0.6 is 11.3 Å². The van der Waals surface area contributed by atoms with Crippen LogP contribution < -0.4 is 5.32 Å². The quantitative estimate of drug-likeness (QED) is 0.580. The highest BCUT2D eigenvalue weighted by atomic mass is 32.1. The summed E-state index contributed by atoms with van der Waals surface area (Å²) in [7, 11) is 0. The summed E-state index contributed by atoms with van der Waals surface area (Å²) in [6.45, 7) is 0. The molecule has 0 atom stereocenters. The summed E-state index contributed by atoms with van der Waals surface area (Å²) < 4.78 is 3.29. The predicted octanol–water partition coefficient (Wildman–Crippen LogP) is 4.75. The molecule has 0 amide bonds. The lowest BCUT2D eigenvalue weighted by Crippen LogP contribution is -2.23. The minimum Gasteiger partial charge on any atom is -0.367 e. The van der Waals surface area contributed by atoms with Crippen molar-refractivity contribution < 1.29 is 0 Å². The molecule has 3 heterocycles. The van der Waals surface area contributed by atoms with Crippen LogP contribution in [0, 0.1) is 0 Å². The number of hydrogen-bond donors (Lipinski definition) is 1. The van der Waals surface area contributed by atoms with Gasteiger partial charge in [0.25, 0.3) is 0 Å².